The van der Waals surface area contributed by atoms with E-state index in [1.54, 1.807) is 22.7 Å². The highest BCUT2D eigenvalue weighted by Gasteiger charge is 2.31. The quantitative estimate of drug-likeness (QED) is 0.125. The van der Waals surface area contributed by atoms with Gasteiger partial charge >= 0.3 is 0 Å². The number of aryl methyl sites for hydroxylation is 2. The van der Waals surface area contributed by atoms with Crippen molar-refractivity contribution in [2.45, 2.75) is 78.1 Å². The fraction of sp³-hybridized carbons (Fsp3) is 0.286. The van der Waals surface area contributed by atoms with E-state index >= 15 is 0 Å². The molecule has 0 amide bonds. The maximum Gasteiger partial charge on any atom is 0.194 e. The maximum atomic E-state index is 14.2. The largest absolute Gasteiger partial charge is 0.289 e. The molecule has 0 aliphatic heterocycles. The minimum Gasteiger partial charge on any atom is -0.289 e. The fourth-order valence-corrected chi connectivity index (χ4v) is 9.13. The molecule has 2 aromatic heterocycles. The lowest BCUT2D eigenvalue weighted by Gasteiger charge is -2.23. The van der Waals surface area contributed by atoms with E-state index in [2.05, 4.69) is 48.9 Å². The number of rotatable bonds is 12. The minimum absolute atomic E-state index is 0.0296. The first-order valence-electron chi connectivity index (χ1n) is 17.0. The lowest BCUT2D eigenvalue weighted by molar-refractivity contribution is 0.102. The van der Waals surface area contributed by atoms with Crippen LogP contribution in [0.25, 0.3) is 11.1 Å². The molecule has 4 heteroatoms. The van der Waals surface area contributed by atoms with Crippen molar-refractivity contribution in [2.24, 2.45) is 0 Å². The molecule has 2 nitrogen and oxygen atoms in total. The minimum atomic E-state index is 0.0296. The molecule has 5 aromatic rings. The molecule has 0 N–H and O–H groups in total. The number of unbranched alkanes of at least 4 members (excludes halogenated alkanes) is 6. The summed E-state index contributed by atoms with van der Waals surface area (Å²) in [6.45, 7) is 4.49. The van der Waals surface area contributed by atoms with Crippen molar-refractivity contribution in [1.82, 2.24) is 0 Å². The van der Waals surface area contributed by atoms with Crippen LogP contribution >= 0.6 is 22.7 Å². The Morgan fingerprint density at radius 1 is 0.478 bits per heavy atom. The maximum absolute atomic E-state index is 14.2. The topological polar surface area (TPSA) is 34.1 Å². The average molecular weight is 641 g/mol. The Hall–Kier alpha value is -3.86. The summed E-state index contributed by atoms with van der Waals surface area (Å²) >= 11 is 3.50. The molecule has 0 unspecified atom stereocenters. The van der Waals surface area contributed by atoms with Gasteiger partial charge in [0, 0.05) is 43.2 Å². The molecule has 0 saturated heterocycles. The zero-order valence-electron chi connectivity index (χ0n) is 26.8. The Morgan fingerprint density at radius 2 is 0.891 bits per heavy atom. The smallest absolute Gasteiger partial charge is 0.194 e. The van der Waals surface area contributed by atoms with Crippen LogP contribution in [0.5, 0.6) is 0 Å². The summed E-state index contributed by atoms with van der Waals surface area (Å²) in [5, 5.41) is 6.29. The van der Waals surface area contributed by atoms with Crippen molar-refractivity contribution in [3.8, 4) is 0 Å². The third-order valence-corrected chi connectivity index (χ3v) is 11.5. The van der Waals surface area contributed by atoms with Crippen molar-refractivity contribution in [3.05, 3.63) is 148 Å². The Bertz CT molecular complexity index is 1920. The van der Waals surface area contributed by atoms with Gasteiger partial charge in [-0.1, -0.05) is 101 Å². The number of ketones is 2. The average Bonchev–Trinajstić information content (AvgIpc) is 3.75. The second-order valence-corrected chi connectivity index (χ2v) is 14.5. The number of fused-ring (bicyclic) bond motifs is 4. The molecule has 0 saturated carbocycles. The summed E-state index contributed by atoms with van der Waals surface area (Å²) in [5.41, 5.74) is 9.58. The van der Waals surface area contributed by atoms with Crippen molar-refractivity contribution in [1.29, 1.82) is 0 Å². The van der Waals surface area contributed by atoms with Crippen LogP contribution in [-0.4, -0.2) is 11.6 Å². The molecule has 2 aliphatic carbocycles. The number of carbonyl (C=O) groups is 2. The highest BCUT2D eigenvalue weighted by molar-refractivity contribution is 7.11. The van der Waals surface area contributed by atoms with E-state index in [4.69, 9.17) is 0 Å². The zero-order valence-corrected chi connectivity index (χ0v) is 28.4. The summed E-state index contributed by atoms with van der Waals surface area (Å²) in [5.74, 6) is 0.0592. The predicted octanol–water partition coefficient (Wildman–Crippen LogP) is 9.64. The monoisotopic (exact) mass is 640 g/mol. The SMILES string of the molecule is CCCCCCc1csc(C2=c3cc4c(cc3C(=O)c3ccccc32)=C(c2cc(CCCCCC)cs2)c2ccccc2C4=O)c1. The van der Waals surface area contributed by atoms with Crippen LogP contribution in [0.3, 0.4) is 0 Å². The summed E-state index contributed by atoms with van der Waals surface area (Å²) < 4.78 is 0. The number of thiophene rings is 2. The van der Waals surface area contributed by atoms with E-state index in [1.807, 2.05) is 48.5 Å². The van der Waals surface area contributed by atoms with Gasteiger partial charge in [0.15, 0.2) is 11.6 Å². The van der Waals surface area contributed by atoms with Crippen LogP contribution in [0.1, 0.15) is 129 Å². The van der Waals surface area contributed by atoms with Gasteiger partial charge in [-0.3, -0.25) is 9.59 Å². The summed E-state index contributed by atoms with van der Waals surface area (Å²) in [7, 11) is 0. The Labute approximate surface area is 280 Å². The van der Waals surface area contributed by atoms with Gasteiger partial charge in [0.25, 0.3) is 0 Å². The molecule has 2 heterocycles. The predicted molar refractivity (Wildman–Crippen MR) is 193 cm³/mol. The number of carbonyl (C=O) groups excluding carboxylic acids is 2. The van der Waals surface area contributed by atoms with Crippen LogP contribution in [0.15, 0.2) is 83.6 Å². The highest BCUT2D eigenvalue weighted by Crippen LogP contribution is 2.36. The second kappa shape index (κ2) is 13.5. The van der Waals surface area contributed by atoms with Gasteiger partial charge in [0.2, 0.25) is 0 Å². The third-order valence-electron chi connectivity index (χ3n) is 9.51. The van der Waals surface area contributed by atoms with E-state index in [0.717, 1.165) is 66.4 Å². The summed E-state index contributed by atoms with van der Waals surface area (Å²) in [6.07, 6.45) is 12.0. The van der Waals surface area contributed by atoms with Crippen molar-refractivity contribution in [3.63, 3.8) is 0 Å². The van der Waals surface area contributed by atoms with Crippen molar-refractivity contribution < 1.29 is 9.59 Å². The van der Waals surface area contributed by atoms with Gasteiger partial charge in [-0.2, -0.15) is 0 Å². The van der Waals surface area contributed by atoms with E-state index in [1.165, 1.54) is 62.5 Å². The molecule has 232 valence electrons. The standard InChI is InChI=1S/C42H40O2S2/c1-3-5-7-9-15-27-21-37(45-25-27)39-29-17-11-13-19-31(29)41(43)35-24-34-36(23-33(35)39)42(44)32-20-14-12-18-30(32)40(34)38-22-28(26-46-38)16-10-8-6-4-2/h11-14,17-26H,3-10,15-16H2,1-2H3. The molecule has 3 aromatic carbocycles. The number of hydrogen-bond donors (Lipinski definition) is 0. The molecular weight excluding hydrogens is 601 g/mol. The van der Waals surface area contributed by atoms with Crippen molar-refractivity contribution >= 4 is 45.4 Å². The Morgan fingerprint density at radius 3 is 1.30 bits per heavy atom. The van der Waals surface area contributed by atoms with E-state index in [9.17, 15) is 9.59 Å². The first kappa shape index (κ1) is 30.8. The van der Waals surface area contributed by atoms with Gasteiger partial charge < -0.3 is 0 Å². The normalized spacial score (nSPS) is 13.4. The van der Waals surface area contributed by atoms with Gasteiger partial charge in [-0.15, -0.1) is 22.7 Å². The van der Waals surface area contributed by atoms with Crippen LogP contribution in [0.2, 0.25) is 0 Å². The lowest BCUT2D eigenvalue weighted by Crippen LogP contribution is -2.34. The molecule has 0 fully saturated rings. The first-order chi connectivity index (χ1) is 22.6. The molecular formula is C42H40O2S2. The summed E-state index contributed by atoms with van der Waals surface area (Å²) in [4.78, 5) is 30.8. The second-order valence-electron chi connectivity index (χ2n) is 12.7. The van der Waals surface area contributed by atoms with Gasteiger partial charge in [-0.25, -0.2) is 0 Å². The molecule has 0 atom stereocenters. The van der Waals surface area contributed by atoms with E-state index < -0.39 is 0 Å². The molecule has 2 aliphatic rings. The number of benzene rings is 3. The number of hydrogen-bond acceptors (Lipinski definition) is 4. The zero-order chi connectivity index (χ0) is 31.6. The molecule has 0 spiro atoms. The van der Waals surface area contributed by atoms with Crippen LogP contribution in [0.4, 0.5) is 0 Å². The van der Waals surface area contributed by atoms with Crippen LogP contribution < -0.4 is 10.4 Å². The Balaban J connectivity index is 1.44. The van der Waals surface area contributed by atoms with Gasteiger partial charge in [-0.05, 0) is 93.4 Å². The van der Waals surface area contributed by atoms with Gasteiger partial charge in [0.05, 0.1) is 0 Å². The summed E-state index contributed by atoms with van der Waals surface area (Å²) in [6, 6.07) is 24.7. The van der Waals surface area contributed by atoms with E-state index in [0.29, 0.717) is 11.1 Å². The third kappa shape index (κ3) is 5.67. The highest BCUT2D eigenvalue weighted by atomic mass is 32.1. The molecule has 46 heavy (non-hydrogen) atoms. The van der Waals surface area contributed by atoms with Crippen LogP contribution in [0, 0.1) is 0 Å². The van der Waals surface area contributed by atoms with Crippen molar-refractivity contribution in [2.75, 3.05) is 0 Å². The molecule has 0 radical (unpaired) electrons. The Kier molecular flexibility index (Phi) is 9.01. The molecule has 0 bridgehead atoms. The fourth-order valence-electron chi connectivity index (χ4n) is 7.09. The van der Waals surface area contributed by atoms with Gasteiger partial charge in [0.1, 0.15) is 0 Å². The van der Waals surface area contributed by atoms with E-state index in [-0.39, 0.29) is 11.6 Å². The first-order valence-corrected chi connectivity index (χ1v) is 18.7. The lowest BCUT2D eigenvalue weighted by atomic mass is 9.79. The molecule has 7 rings (SSSR count). The van der Waals surface area contributed by atoms with Crippen LogP contribution in [-0.2, 0) is 12.8 Å².